The third kappa shape index (κ3) is 4.90. The predicted molar refractivity (Wildman–Crippen MR) is 90.5 cm³/mol. The first kappa shape index (κ1) is 17.6. The van der Waals surface area contributed by atoms with Gasteiger partial charge in [-0.1, -0.05) is 23.4 Å². The van der Waals surface area contributed by atoms with Crippen molar-refractivity contribution in [1.82, 2.24) is 5.16 Å². The highest BCUT2D eigenvalue weighted by Gasteiger charge is 2.19. The Labute approximate surface area is 147 Å². The minimum absolute atomic E-state index is 0.00614. The SMILES string of the molecule is COc1ccccc1COCc1cc(C(=O)CCC2CCOC2)no1. The number of hydrogen-bond acceptors (Lipinski definition) is 6. The lowest BCUT2D eigenvalue weighted by Gasteiger charge is -2.07. The van der Waals surface area contributed by atoms with Gasteiger partial charge in [-0.05, 0) is 24.8 Å². The second-order valence-electron chi connectivity index (χ2n) is 6.17. The van der Waals surface area contributed by atoms with E-state index in [4.69, 9.17) is 18.7 Å². The van der Waals surface area contributed by atoms with E-state index in [1.54, 1.807) is 13.2 Å². The Bertz CT molecular complexity index is 691. The van der Waals surface area contributed by atoms with Crippen LogP contribution < -0.4 is 4.74 Å². The molecule has 6 nitrogen and oxygen atoms in total. The standard InChI is InChI=1S/C19H23NO5/c1-22-19-5-3-2-4-15(19)12-24-13-16-10-17(20-25-16)18(21)7-6-14-8-9-23-11-14/h2-5,10,14H,6-9,11-13H2,1H3. The van der Waals surface area contributed by atoms with Gasteiger partial charge < -0.3 is 18.7 Å². The van der Waals surface area contributed by atoms with Gasteiger partial charge in [0.15, 0.2) is 11.5 Å². The number of Topliss-reactive ketones (excluding diaryl/α,β-unsaturated/α-hetero) is 1. The molecule has 1 aliphatic heterocycles. The molecule has 0 amide bonds. The number of ketones is 1. The van der Waals surface area contributed by atoms with Crippen molar-refractivity contribution < 1.29 is 23.5 Å². The van der Waals surface area contributed by atoms with Crippen LogP contribution in [-0.4, -0.2) is 31.3 Å². The van der Waals surface area contributed by atoms with E-state index in [9.17, 15) is 4.79 Å². The number of benzene rings is 1. The molecule has 6 heteroatoms. The molecule has 0 saturated carbocycles. The summed E-state index contributed by atoms with van der Waals surface area (Å²) in [5, 5.41) is 3.86. The van der Waals surface area contributed by atoms with Gasteiger partial charge in [0.05, 0.1) is 13.7 Å². The minimum atomic E-state index is 0.00614. The molecule has 0 N–H and O–H groups in total. The Morgan fingerprint density at radius 3 is 3.00 bits per heavy atom. The maximum atomic E-state index is 12.2. The summed E-state index contributed by atoms with van der Waals surface area (Å²) in [5.74, 6) is 1.82. The first-order valence-corrected chi connectivity index (χ1v) is 8.52. The van der Waals surface area contributed by atoms with Crippen molar-refractivity contribution in [3.63, 3.8) is 0 Å². The summed E-state index contributed by atoms with van der Waals surface area (Å²) in [6.45, 7) is 2.22. The van der Waals surface area contributed by atoms with Crippen LogP contribution in [0.4, 0.5) is 0 Å². The van der Waals surface area contributed by atoms with E-state index in [1.165, 1.54) is 0 Å². The fourth-order valence-electron chi connectivity index (χ4n) is 2.87. The second kappa shape index (κ2) is 8.78. The van der Waals surface area contributed by atoms with Crippen LogP contribution in [0, 0.1) is 5.92 Å². The predicted octanol–water partition coefficient (Wildman–Crippen LogP) is 3.40. The van der Waals surface area contributed by atoms with Crippen molar-refractivity contribution in [1.29, 1.82) is 0 Å². The lowest BCUT2D eigenvalue weighted by atomic mass is 10.00. The molecule has 1 aliphatic rings. The van der Waals surface area contributed by atoms with Crippen molar-refractivity contribution in [2.75, 3.05) is 20.3 Å². The van der Waals surface area contributed by atoms with Gasteiger partial charge in [0, 0.05) is 31.3 Å². The van der Waals surface area contributed by atoms with E-state index in [-0.39, 0.29) is 12.4 Å². The molecule has 0 spiro atoms. The molecule has 1 atom stereocenters. The lowest BCUT2D eigenvalue weighted by Crippen LogP contribution is -2.05. The van der Waals surface area contributed by atoms with Crippen molar-refractivity contribution in [3.05, 3.63) is 47.3 Å². The van der Waals surface area contributed by atoms with Gasteiger partial charge in [-0.15, -0.1) is 0 Å². The topological polar surface area (TPSA) is 70.8 Å². The molecule has 0 bridgehead atoms. The number of carbonyl (C=O) groups excluding carboxylic acids is 1. The number of hydrogen-bond donors (Lipinski definition) is 0. The highest BCUT2D eigenvalue weighted by molar-refractivity contribution is 5.94. The highest BCUT2D eigenvalue weighted by Crippen LogP contribution is 2.20. The summed E-state index contributed by atoms with van der Waals surface area (Å²) < 4.78 is 21.5. The monoisotopic (exact) mass is 345 g/mol. The molecule has 3 rings (SSSR count). The minimum Gasteiger partial charge on any atom is -0.496 e. The molecule has 0 aliphatic carbocycles. The van der Waals surface area contributed by atoms with Crippen molar-refractivity contribution in [3.8, 4) is 5.75 Å². The molecule has 0 radical (unpaired) electrons. The van der Waals surface area contributed by atoms with E-state index in [0.717, 1.165) is 37.4 Å². The van der Waals surface area contributed by atoms with Crippen LogP contribution in [-0.2, 0) is 22.7 Å². The van der Waals surface area contributed by atoms with Gasteiger partial charge in [0.2, 0.25) is 0 Å². The molecule has 1 aromatic heterocycles. The van der Waals surface area contributed by atoms with E-state index < -0.39 is 0 Å². The Hall–Kier alpha value is -2.18. The van der Waals surface area contributed by atoms with E-state index in [2.05, 4.69) is 5.16 Å². The highest BCUT2D eigenvalue weighted by atomic mass is 16.5. The Morgan fingerprint density at radius 2 is 2.20 bits per heavy atom. The second-order valence-corrected chi connectivity index (χ2v) is 6.17. The number of para-hydroxylation sites is 1. The number of carbonyl (C=O) groups is 1. The molecule has 2 heterocycles. The van der Waals surface area contributed by atoms with Crippen LogP contribution in [0.2, 0.25) is 0 Å². The van der Waals surface area contributed by atoms with Crippen molar-refractivity contribution >= 4 is 5.78 Å². The first-order chi connectivity index (χ1) is 12.3. The first-order valence-electron chi connectivity index (χ1n) is 8.52. The number of aromatic nitrogens is 1. The van der Waals surface area contributed by atoms with Gasteiger partial charge in [-0.2, -0.15) is 0 Å². The third-order valence-corrected chi connectivity index (χ3v) is 4.34. The zero-order valence-electron chi connectivity index (χ0n) is 14.4. The van der Waals surface area contributed by atoms with Crippen LogP contribution in [0.25, 0.3) is 0 Å². The molecular weight excluding hydrogens is 322 g/mol. The number of methoxy groups -OCH3 is 1. The molecule has 1 aromatic carbocycles. The van der Waals surface area contributed by atoms with Gasteiger partial charge in [0.25, 0.3) is 0 Å². The Kier molecular flexibility index (Phi) is 6.19. The molecule has 25 heavy (non-hydrogen) atoms. The maximum absolute atomic E-state index is 12.2. The number of rotatable bonds is 9. The molecule has 2 aromatic rings. The summed E-state index contributed by atoms with van der Waals surface area (Å²) in [5.41, 5.74) is 1.33. The number of nitrogens with zero attached hydrogens (tertiary/aromatic N) is 1. The van der Waals surface area contributed by atoms with Crippen LogP contribution >= 0.6 is 0 Å². The maximum Gasteiger partial charge on any atom is 0.184 e. The van der Waals surface area contributed by atoms with Crippen LogP contribution in [0.5, 0.6) is 5.75 Å². The summed E-state index contributed by atoms with van der Waals surface area (Å²) in [6.07, 6.45) is 2.35. The van der Waals surface area contributed by atoms with Crippen molar-refractivity contribution in [2.45, 2.75) is 32.5 Å². The van der Waals surface area contributed by atoms with E-state index >= 15 is 0 Å². The Morgan fingerprint density at radius 1 is 1.32 bits per heavy atom. The van der Waals surface area contributed by atoms with E-state index in [0.29, 0.717) is 30.4 Å². The molecule has 1 fully saturated rings. The fraction of sp³-hybridized carbons (Fsp3) is 0.474. The normalized spacial score (nSPS) is 16.9. The smallest absolute Gasteiger partial charge is 0.184 e. The zero-order valence-corrected chi connectivity index (χ0v) is 14.4. The summed E-state index contributed by atoms with van der Waals surface area (Å²) >= 11 is 0. The largest absolute Gasteiger partial charge is 0.496 e. The molecule has 1 saturated heterocycles. The quantitative estimate of drug-likeness (QED) is 0.649. The van der Waals surface area contributed by atoms with Crippen LogP contribution in [0.15, 0.2) is 34.9 Å². The van der Waals surface area contributed by atoms with Crippen LogP contribution in [0.1, 0.15) is 41.1 Å². The van der Waals surface area contributed by atoms with Gasteiger partial charge in [-0.25, -0.2) is 0 Å². The lowest BCUT2D eigenvalue weighted by molar-refractivity contribution is 0.0865. The third-order valence-electron chi connectivity index (χ3n) is 4.34. The van der Waals surface area contributed by atoms with Crippen LogP contribution in [0.3, 0.4) is 0 Å². The summed E-state index contributed by atoms with van der Waals surface area (Å²) in [4.78, 5) is 12.2. The van der Waals surface area contributed by atoms with Gasteiger partial charge >= 0.3 is 0 Å². The average molecular weight is 345 g/mol. The molecular formula is C19H23NO5. The van der Waals surface area contributed by atoms with E-state index in [1.807, 2.05) is 24.3 Å². The van der Waals surface area contributed by atoms with Gasteiger partial charge in [0.1, 0.15) is 18.1 Å². The average Bonchev–Trinajstić information content (AvgIpc) is 3.32. The summed E-state index contributed by atoms with van der Waals surface area (Å²) in [7, 11) is 1.63. The fourth-order valence-corrected chi connectivity index (χ4v) is 2.87. The molecule has 1 unspecified atom stereocenters. The number of ether oxygens (including phenoxy) is 3. The zero-order chi connectivity index (χ0) is 17.5. The van der Waals surface area contributed by atoms with Crippen molar-refractivity contribution in [2.24, 2.45) is 5.92 Å². The summed E-state index contributed by atoms with van der Waals surface area (Å²) in [6, 6.07) is 9.34. The van der Waals surface area contributed by atoms with Gasteiger partial charge in [-0.3, -0.25) is 4.79 Å². The Balaban J connectivity index is 1.45. The molecule has 134 valence electrons.